The maximum absolute atomic E-state index is 13.9. The molecule has 0 radical (unpaired) electrons. The summed E-state index contributed by atoms with van der Waals surface area (Å²) >= 11 is 5.93. The number of carbonyl (C=O) groups is 1. The fraction of sp³-hybridized carbons (Fsp3) is 0.316. The summed E-state index contributed by atoms with van der Waals surface area (Å²) in [5, 5.41) is 22.7. The number of carboxylic acid groups (broad SMARTS) is 1. The van der Waals surface area contributed by atoms with E-state index < -0.39 is 17.6 Å². The van der Waals surface area contributed by atoms with Gasteiger partial charge in [0, 0.05) is 16.6 Å². The van der Waals surface area contributed by atoms with Crippen LogP contribution in [0.25, 0.3) is 11.1 Å². The second kappa shape index (κ2) is 6.75. The molecule has 1 aliphatic heterocycles. The fourth-order valence-corrected chi connectivity index (χ4v) is 3.42. The highest BCUT2D eigenvalue weighted by atomic mass is 35.5. The van der Waals surface area contributed by atoms with Gasteiger partial charge in [-0.2, -0.15) is 0 Å². The van der Waals surface area contributed by atoms with Crippen molar-refractivity contribution in [2.75, 3.05) is 0 Å². The highest BCUT2D eigenvalue weighted by Gasteiger charge is 2.48. The smallest absolute Gasteiger partial charge is 0.313 e. The van der Waals surface area contributed by atoms with Crippen LogP contribution in [0.1, 0.15) is 18.9 Å². The van der Waals surface area contributed by atoms with Gasteiger partial charge in [0.2, 0.25) is 0 Å². The number of aliphatic hydroxyl groups is 1. The van der Waals surface area contributed by atoms with Crippen LogP contribution in [0.5, 0.6) is 0 Å². The molecule has 0 amide bonds. The molecule has 132 valence electrons. The highest BCUT2D eigenvalue weighted by Crippen LogP contribution is 2.34. The summed E-state index contributed by atoms with van der Waals surface area (Å²) in [5.74, 6) is -1.35. The molecular weight excluding hydrogens is 345 g/mol. The van der Waals surface area contributed by atoms with Crippen molar-refractivity contribution in [1.82, 2.24) is 5.32 Å². The fourth-order valence-electron chi connectivity index (χ4n) is 3.25. The predicted octanol–water partition coefficient (Wildman–Crippen LogP) is 3.46. The van der Waals surface area contributed by atoms with Gasteiger partial charge in [-0.1, -0.05) is 35.9 Å². The van der Waals surface area contributed by atoms with E-state index in [1.807, 2.05) is 24.3 Å². The van der Waals surface area contributed by atoms with Crippen LogP contribution in [0.4, 0.5) is 4.39 Å². The predicted molar refractivity (Wildman–Crippen MR) is 93.8 cm³/mol. The van der Waals surface area contributed by atoms with Crippen LogP contribution < -0.4 is 5.32 Å². The zero-order chi connectivity index (χ0) is 18.2. The normalized spacial score (nSPS) is 25.9. The summed E-state index contributed by atoms with van der Waals surface area (Å²) in [4.78, 5) is 11.3. The van der Waals surface area contributed by atoms with E-state index in [2.05, 4.69) is 5.32 Å². The molecule has 3 rings (SSSR count). The largest absolute Gasteiger partial charge is 0.481 e. The van der Waals surface area contributed by atoms with Gasteiger partial charge in [0.05, 0.1) is 0 Å². The van der Waals surface area contributed by atoms with Crippen LogP contribution in [0.15, 0.2) is 42.5 Å². The highest BCUT2D eigenvalue weighted by molar-refractivity contribution is 6.30. The van der Waals surface area contributed by atoms with Crippen molar-refractivity contribution in [3.63, 3.8) is 0 Å². The minimum Gasteiger partial charge on any atom is -0.481 e. The second-order valence-electron chi connectivity index (χ2n) is 6.72. The van der Waals surface area contributed by atoms with E-state index in [4.69, 9.17) is 11.6 Å². The van der Waals surface area contributed by atoms with E-state index in [0.29, 0.717) is 23.4 Å². The Morgan fingerprint density at radius 2 is 2.00 bits per heavy atom. The van der Waals surface area contributed by atoms with E-state index in [9.17, 15) is 19.4 Å². The lowest BCUT2D eigenvalue weighted by Crippen LogP contribution is -2.40. The molecule has 3 atom stereocenters. The number of carboxylic acids is 1. The third-order valence-electron chi connectivity index (χ3n) is 4.83. The van der Waals surface area contributed by atoms with Gasteiger partial charge in [-0.25, -0.2) is 4.39 Å². The Morgan fingerprint density at radius 1 is 1.32 bits per heavy atom. The standard InChI is InChI=1S/C19H19ClFNO3/c1-19(18(24)25)10-14(22-17(19)23)8-11-2-4-12(5-3-11)15-9-13(20)6-7-16(15)21/h2-7,9,14,17,22-23H,8,10H2,1H3,(H,24,25)/t14-,17?,19?/m1/s1. The summed E-state index contributed by atoms with van der Waals surface area (Å²) in [5.41, 5.74) is 0.949. The molecule has 1 heterocycles. The van der Waals surface area contributed by atoms with Crippen LogP contribution in [0.2, 0.25) is 5.02 Å². The first-order valence-corrected chi connectivity index (χ1v) is 8.39. The molecular formula is C19H19ClFNO3. The zero-order valence-corrected chi connectivity index (χ0v) is 14.4. The molecule has 1 saturated heterocycles. The van der Waals surface area contributed by atoms with Crippen LogP contribution in [-0.4, -0.2) is 28.5 Å². The molecule has 0 aromatic heterocycles. The molecule has 2 unspecified atom stereocenters. The molecule has 25 heavy (non-hydrogen) atoms. The number of aliphatic hydroxyl groups excluding tert-OH is 1. The number of halogens is 2. The van der Waals surface area contributed by atoms with E-state index in [1.165, 1.54) is 19.1 Å². The lowest BCUT2D eigenvalue weighted by Gasteiger charge is -2.21. The van der Waals surface area contributed by atoms with Gasteiger partial charge in [0.15, 0.2) is 0 Å². The minimum atomic E-state index is -1.19. The lowest BCUT2D eigenvalue weighted by atomic mass is 9.85. The summed E-state index contributed by atoms with van der Waals surface area (Å²) in [7, 11) is 0. The van der Waals surface area contributed by atoms with Gasteiger partial charge < -0.3 is 10.2 Å². The Labute approximate surface area is 150 Å². The number of benzene rings is 2. The third-order valence-corrected chi connectivity index (χ3v) is 5.07. The van der Waals surface area contributed by atoms with Crippen molar-refractivity contribution < 1.29 is 19.4 Å². The molecule has 1 fully saturated rings. The number of aliphatic carboxylic acids is 1. The number of hydrogen-bond acceptors (Lipinski definition) is 3. The number of rotatable bonds is 4. The average molecular weight is 364 g/mol. The van der Waals surface area contributed by atoms with E-state index in [-0.39, 0.29) is 11.9 Å². The SMILES string of the molecule is CC1(C(=O)O)C[C@@H](Cc2ccc(-c3cc(Cl)ccc3F)cc2)NC1O. The molecule has 6 heteroatoms. The van der Waals surface area contributed by atoms with Crippen molar-refractivity contribution in [3.05, 3.63) is 58.9 Å². The Hall–Kier alpha value is -1.95. The molecule has 0 saturated carbocycles. The molecule has 2 aromatic rings. The first-order chi connectivity index (χ1) is 11.8. The van der Waals surface area contributed by atoms with Crippen LogP contribution in [-0.2, 0) is 11.2 Å². The third kappa shape index (κ3) is 3.54. The van der Waals surface area contributed by atoms with Crippen LogP contribution in [0, 0.1) is 11.2 Å². The first-order valence-electron chi connectivity index (χ1n) is 8.01. The number of nitrogens with one attached hydrogen (secondary N) is 1. The topological polar surface area (TPSA) is 69.6 Å². The first kappa shape index (κ1) is 17.9. The van der Waals surface area contributed by atoms with Gasteiger partial charge in [-0.15, -0.1) is 0 Å². The summed E-state index contributed by atoms with van der Waals surface area (Å²) in [6, 6.07) is 11.7. The second-order valence-corrected chi connectivity index (χ2v) is 7.15. The van der Waals surface area contributed by atoms with Gasteiger partial charge in [0.25, 0.3) is 0 Å². The molecule has 2 aromatic carbocycles. The van der Waals surface area contributed by atoms with Gasteiger partial charge >= 0.3 is 5.97 Å². The molecule has 0 aliphatic carbocycles. The van der Waals surface area contributed by atoms with Crippen LogP contribution >= 0.6 is 11.6 Å². The minimum absolute atomic E-state index is 0.134. The van der Waals surface area contributed by atoms with E-state index in [1.54, 1.807) is 6.07 Å². The average Bonchev–Trinajstić information content (AvgIpc) is 2.86. The summed E-state index contributed by atoms with van der Waals surface area (Å²) in [6.45, 7) is 1.54. The van der Waals surface area contributed by atoms with Gasteiger partial charge in [-0.05, 0) is 49.1 Å². The van der Waals surface area contributed by atoms with Gasteiger partial charge in [0.1, 0.15) is 17.5 Å². The Morgan fingerprint density at radius 3 is 2.60 bits per heavy atom. The quantitative estimate of drug-likeness (QED) is 0.778. The van der Waals surface area contributed by atoms with Crippen molar-refractivity contribution in [3.8, 4) is 11.1 Å². The summed E-state index contributed by atoms with van der Waals surface area (Å²) < 4.78 is 13.9. The Bertz CT molecular complexity index is 796. The molecule has 0 bridgehead atoms. The van der Waals surface area contributed by atoms with E-state index >= 15 is 0 Å². The van der Waals surface area contributed by atoms with Crippen molar-refractivity contribution in [2.24, 2.45) is 5.41 Å². The Kier molecular flexibility index (Phi) is 4.82. The number of hydrogen-bond donors (Lipinski definition) is 3. The Balaban J connectivity index is 1.74. The van der Waals surface area contributed by atoms with Crippen LogP contribution in [0.3, 0.4) is 0 Å². The maximum atomic E-state index is 13.9. The zero-order valence-electron chi connectivity index (χ0n) is 13.7. The van der Waals surface area contributed by atoms with Crippen molar-refractivity contribution in [2.45, 2.75) is 32.0 Å². The molecule has 1 aliphatic rings. The molecule has 4 nitrogen and oxygen atoms in total. The van der Waals surface area contributed by atoms with Crippen molar-refractivity contribution in [1.29, 1.82) is 0 Å². The van der Waals surface area contributed by atoms with Gasteiger partial charge in [-0.3, -0.25) is 10.1 Å². The lowest BCUT2D eigenvalue weighted by molar-refractivity contribution is -0.153. The maximum Gasteiger partial charge on any atom is 0.313 e. The van der Waals surface area contributed by atoms with Crippen molar-refractivity contribution >= 4 is 17.6 Å². The molecule has 3 N–H and O–H groups in total. The monoisotopic (exact) mass is 363 g/mol. The molecule has 0 spiro atoms. The van der Waals surface area contributed by atoms with E-state index in [0.717, 1.165) is 11.1 Å². The summed E-state index contributed by atoms with van der Waals surface area (Å²) in [6.07, 6.45) is -0.151.